The van der Waals surface area contributed by atoms with Gasteiger partial charge in [0.1, 0.15) is 18.0 Å². The molecule has 5 heteroatoms. The summed E-state index contributed by atoms with van der Waals surface area (Å²) in [6.45, 7) is 2.28. The number of ether oxygens (including phenoxy) is 1. The lowest BCUT2D eigenvalue weighted by Gasteiger charge is -2.06. The fourth-order valence-corrected chi connectivity index (χ4v) is 2.21. The molecule has 1 aromatic carbocycles. The Morgan fingerprint density at radius 1 is 1.32 bits per heavy atom. The molecule has 98 valence electrons. The molecule has 0 aliphatic rings. The zero-order valence-electron chi connectivity index (χ0n) is 10.6. The molecule has 19 heavy (non-hydrogen) atoms. The summed E-state index contributed by atoms with van der Waals surface area (Å²) in [6, 6.07) is 9.58. The van der Waals surface area contributed by atoms with Crippen molar-refractivity contribution in [1.82, 2.24) is 9.97 Å². The van der Waals surface area contributed by atoms with Crippen LogP contribution in [0.4, 0.5) is 4.79 Å². The van der Waals surface area contributed by atoms with Crippen molar-refractivity contribution in [1.29, 1.82) is 0 Å². The van der Waals surface area contributed by atoms with E-state index in [-0.39, 0.29) is 11.9 Å². The highest BCUT2D eigenvalue weighted by Crippen LogP contribution is 2.22. The smallest absolute Gasteiger partial charge is 0.374 e. The van der Waals surface area contributed by atoms with E-state index in [1.165, 1.54) is 6.33 Å². The molecule has 0 spiro atoms. The van der Waals surface area contributed by atoms with Crippen molar-refractivity contribution in [2.24, 2.45) is 0 Å². The number of thioether (sulfide) groups is 1. The number of hydrogen-bond acceptors (Lipinski definition) is 5. The number of aromatic nitrogens is 2. The Balaban J connectivity index is 1.91. The normalized spacial score (nSPS) is 10.2. The fourth-order valence-electron chi connectivity index (χ4n) is 1.51. The van der Waals surface area contributed by atoms with Gasteiger partial charge in [-0.05, 0) is 12.0 Å². The van der Waals surface area contributed by atoms with Crippen LogP contribution in [0.2, 0.25) is 0 Å². The van der Waals surface area contributed by atoms with Crippen molar-refractivity contribution in [3.8, 4) is 0 Å². The SMILES string of the molecule is CCc1cncnc1SC(=O)OCc1ccccc1. The molecule has 2 aromatic rings. The molecule has 0 unspecified atom stereocenters. The quantitative estimate of drug-likeness (QED) is 0.485. The van der Waals surface area contributed by atoms with Gasteiger partial charge in [-0.15, -0.1) is 0 Å². The maximum atomic E-state index is 11.7. The van der Waals surface area contributed by atoms with Gasteiger partial charge in [-0.3, -0.25) is 0 Å². The van der Waals surface area contributed by atoms with E-state index < -0.39 is 0 Å². The van der Waals surface area contributed by atoms with E-state index in [9.17, 15) is 4.79 Å². The second-order valence-corrected chi connectivity index (χ2v) is 4.76. The standard InChI is InChI=1S/C14H14N2O2S/c1-2-12-8-15-10-16-13(12)19-14(17)18-9-11-6-4-3-5-7-11/h3-8,10H,2,9H2,1H3. The highest BCUT2D eigenvalue weighted by Gasteiger charge is 2.11. The topological polar surface area (TPSA) is 52.1 Å². The van der Waals surface area contributed by atoms with E-state index in [0.717, 1.165) is 29.3 Å². The lowest BCUT2D eigenvalue weighted by molar-refractivity contribution is 0.168. The van der Waals surface area contributed by atoms with Crippen molar-refractivity contribution in [2.45, 2.75) is 25.0 Å². The highest BCUT2D eigenvalue weighted by atomic mass is 32.2. The molecule has 0 saturated heterocycles. The van der Waals surface area contributed by atoms with Crippen molar-refractivity contribution in [3.63, 3.8) is 0 Å². The van der Waals surface area contributed by atoms with Gasteiger partial charge in [0.25, 0.3) is 0 Å². The van der Waals surface area contributed by atoms with Crippen molar-refractivity contribution >= 4 is 17.1 Å². The monoisotopic (exact) mass is 274 g/mol. The third-order valence-corrected chi connectivity index (χ3v) is 3.35. The van der Waals surface area contributed by atoms with Crippen LogP contribution in [-0.4, -0.2) is 15.3 Å². The first kappa shape index (κ1) is 13.5. The van der Waals surface area contributed by atoms with Gasteiger partial charge in [0, 0.05) is 23.5 Å². The van der Waals surface area contributed by atoms with E-state index in [4.69, 9.17) is 4.74 Å². The zero-order chi connectivity index (χ0) is 13.5. The van der Waals surface area contributed by atoms with Gasteiger partial charge >= 0.3 is 5.30 Å². The summed E-state index contributed by atoms with van der Waals surface area (Å²) >= 11 is 1.00. The van der Waals surface area contributed by atoms with Gasteiger partial charge in [-0.1, -0.05) is 37.3 Å². The predicted molar refractivity (Wildman–Crippen MR) is 73.9 cm³/mol. The molecule has 0 aliphatic heterocycles. The summed E-state index contributed by atoms with van der Waals surface area (Å²) in [5.41, 5.74) is 1.92. The zero-order valence-corrected chi connectivity index (χ0v) is 11.4. The van der Waals surface area contributed by atoms with Gasteiger partial charge in [0.15, 0.2) is 0 Å². The molecule has 1 aromatic heterocycles. The van der Waals surface area contributed by atoms with Crippen LogP contribution in [0.25, 0.3) is 0 Å². The minimum absolute atomic E-state index is 0.277. The first-order valence-corrected chi connectivity index (χ1v) is 6.78. The summed E-state index contributed by atoms with van der Waals surface area (Å²) < 4.78 is 5.20. The fraction of sp³-hybridized carbons (Fsp3) is 0.214. The molecule has 0 bridgehead atoms. The molecule has 0 amide bonds. The van der Waals surface area contributed by atoms with E-state index in [2.05, 4.69) is 9.97 Å². The third kappa shape index (κ3) is 4.06. The number of hydrogen-bond donors (Lipinski definition) is 0. The summed E-state index contributed by atoms with van der Waals surface area (Å²) in [6.07, 6.45) is 3.95. The van der Waals surface area contributed by atoms with Crippen LogP contribution < -0.4 is 0 Å². The van der Waals surface area contributed by atoms with Crippen molar-refractivity contribution < 1.29 is 9.53 Å². The molecule has 0 radical (unpaired) electrons. The third-order valence-electron chi connectivity index (χ3n) is 2.51. The van der Waals surface area contributed by atoms with E-state index in [1.807, 2.05) is 37.3 Å². The van der Waals surface area contributed by atoms with Crippen LogP contribution in [0.15, 0.2) is 47.9 Å². The molecule has 0 N–H and O–H groups in total. The molecule has 0 fully saturated rings. The highest BCUT2D eigenvalue weighted by molar-refractivity contribution is 8.13. The lowest BCUT2D eigenvalue weighted by Crippen LogP contribution is -2.00. The number of benzene rings is 1. The molecule has 4 nitrogen and oxygen atoms in total. The molecule has 2 rings (SSSR count). The number of carbonyl (C=O) groups excluding carboxylic acids is 1. The van der Waals surface area contributed by atoms with Gasteiger partial charge in [-0.2, -0.15) is 0 Å². The molecule has 0 atom stereocenters. The number of carbonyl (C=O) groups is 1. The molecule has 0 saturated carbocycles. The first-order chi connectivity index (χ1) is 9.29. The van der Waals surface area contributed by atoms with Gasteiger partial charge < -0.3 is 4.74 Å². The van der Waals surface area contributed by atoms with Crippen molar-refractivity contribution in [2.75, 3.05) is 0 Å². The average Bonchev–Trinajstić information content (AvgIpc) is 2.47. The number of rotatable bonds is 4. The minimum Gasteiger partial charge on any atom is -0.452 e. The Morgan fingerprint density at radius 2 is 2.11 bits per heavy atom. The maximum Gasteiger partial charge on any atom is 0.374 e. The first-order valence-electron chi connectivity index (χ1n) is 5.97. The van der Waals surface area contributed by atoms with Crippen LogP contribution in [0.1, 0.15) is 18.1 Å². The van der Waals surface area contributed by atoms with E-state index in [0.29, 0.717) is 5.03 Å². The maximum absolute atomic E-state index is 11.7. The van der Waals surface area contributed by atoms with Crippen LogP contribution in [0.3, 0.4) is 0 Å². The van der Waals surface area contributed by atoms with Gasteiger partial charge in [-0.25, -0.2) is 14.8 Å². The van der Waals surface area contributed by atoms with Crippen LogP contribution in [-0.2, 0) is 17.8 Å². The van der Waals surface area contributed by atoms with Crippen LogP contribution in [0.5, 0.6) is 0 Å². The second-order valence-electron chi connectivity index (χ2n) is 3.83. The largest absolute Gasteiger partial charge is 0.452 e. The number of nitrogens with zero attached hydrogens (tertiary/aromatic N) is 2. The molecular weight excluding hydrogens is 260 g/mol. The summed E-state index contributed by atoms with van der Waals surface area (Å²) in [5.74, 6) is 0. The number of aryl methyl sites for hydroxylation is 1. The van der Waals surface area contributed by atoms with Crippen molar-refractivity contribution in [3.05, 3.63) is 54.0 Å². The van der Waals surface area contributed by atoms with Gasteiger partial charge in [0.05, 0.1) is 0 Å². The summed E-state index contributed by atoms with van der Waals surface area (Å²) in [4.78, 5) is 19.8. The molecule has 1 heterocycles. The van der Waals surface area contributed by atoms with Gasteiger partial charge in [0.2, 0.25) is 0 Å². The Kier molecular flexibility index (Phi) is 4.92. The molecule has 0 aliphatic carbocycles. The minimum atomic E-state index is -0.350. The average molecular weight is 274 g/mol. The Bertz CT molecular complexity index is 546. The Hall–Kier alpha value is -1.88. The Morgan fingerprint density at radius 3 is 2.84 bits per heavy atom. The predicted octanol–water partition coefficient (Wildman–Crippen LogP) is 3.47. The summed E-state index contributed by atoms with van der Waals surface area (Å²) in [5, 5.41) is 0.313. The summed E-state index contributed by atoms with van der Waals surface area (Å²) in [7, 11) is 0. The lowest BCUT2D eigenvalue weighted by atomic mass is 10.2. The van der Waals surface area contributed by atoms with E-state index >= 15 is 0 Å². The Labute approximate surface area is 116 Å². The van der Waals surface area contributed by atoms with Crippen LogP contribution >= 0.6 is 11.8 Å². The second kappa shape index (κ2) is 6.89. The molecular formula is C14H14N2O2S. The van der Waals surface area contributed by atoms with E-state index in [1.54, 1.807) is 6.20 Å². The van der Waals surface area contributed by atoms with Crippen LogP contribution in [0, 0.1) is 0 Å².